The predicted molar refractivity (Wildman–Crippen MR) is 74.4 cm³/mol. The molecule has 2 saturated heterocycles. The monoisotopic (exact) mass is 305 g/mol. The third kappa shape index (κ3) is 3.62. The third-order valence-corrected chi connectivity index (χ3v) is 5.47. The van der Waals surface area contributed by atoms with Gasteiger partial charge in [0, 0.05) is 12.6 Å². The molecule has 1 unspecified atom stereocenters. The van der Waals surface area contributed by atoms with Gasteiger partial charge in [0.2, 0.25) is 0 Å². The number of piperidine rings is 1. The molecule has 2 fully saturated rings. The van der Waals surface area contributed by atoms with Crippen molar-refractivity contribution in [3.05, 3.63) is 0 Å². The summed E-state index contributed by atoms with van der Waals surface area (Å²) >= 11 is 0. The van der Waals surface area contributed by atoms with Crippen LogP contribution in [0.15, 0.2) is 0 Å². The first-order chi connectivity index (χ1) is 9.54. The van der Waals surface area contributed by atoms with E-state index in [9.17, 15) is 13.2 Å². The molecule has 2 heterocycles. The van der Waals surface area contributed by atoms with E-state index in [-0.39, 0.29) is 12.6 Å². The molecule has 2 rings (SSSR count). The molecule has 2 aliphatic rings. The summed E-state index contributed by atoms with van der Waals surface area (Å²) in [6.45, 7) is 4.13. The number of rotatable bonds is 4. The first-order valence-corrected chi connectivity index (χ1v) is 8.65. The molecular weight excluding hydrogens is 282 g/mol. The van der Waals surface area contributed by atoms with Gasteiger partial charge in [0.1, 0.15) is 0 Å². The first-order valence-electron chi connectivity index (χ1n) is 7.21. The van der Waals surface area contributed by atoms with Crippen molar-refractivity contribution in [2.45, 2.75) is 38.6 Å². The van der Waals surface area contributed by atoms with Crippen LogP contribution in [0, 0.1) is 5.92 Å². The van der Waals surface area contributed by atoms with Crippen LogP contribution >= 0.6 is 0 Å². The zero-order valence-electron chi connectivity index (χ0n) is 11.8. The summed E-state index contributed by atoms with van der Waals surface area (Å²) in [5.41, 5.74) is 0. The molecule has 7 nitrogen and oxygen atoms in total. The maximum atomic E-state index is 12.3. The number of hydrogen-bond acceptors (Lipinski definition) is 5. The Kier molecular flexibility index (Phi) is 5.22. The Morgan fingerprint density at radius 2 is 2.05 bits per heavy atom. The number of carbonyl (C=O) groups excluding carboxylic acids is 1. The fraction of sp³-hybridized carbons (Fsp3) is 0.917. The Morgan fingerprint density at radius 1 is 1.35 bits per heavy atom. The lowest BCUT2D eigenvalue weighted by Crippen LogP contribution is -2.49. The van der Waals surface area contributed by atoms with E-state index in [4.69, 9.17) is 0 Å². The van der Waals surface area contributed by atoms with Crippen molar-refractivity contribution in [1.82, 2.24) is 14.3 Å². The predicted octanol–water partition coefficient (Wildman–Crippen LogP) is 0.441. The Balaban J connectivity index is 2.03. The number of nitrogens with zero attached hydrogens (tertiary/aromatic N) is 1. The molecule has 0 aromatic heterocycles. The lowest BCUT2D eigenvalue weighted by Gasteiger charge is -2.33. The van der Waals surface area contributed by atoms with Gasteiger partial charge in [0.25, 0.3) is 0 Å². The van der Waals surface area contributed by atoms with Gasteiger partial charge in [0.05, 0.1) is 6.61 Å². The quantitative estimate of drug-likeness (QED) is 0.787. The van der Waals surface area contributed by atoms with Gasteiger partial charge in [-0.2, -0.15) is 12.7 Å². The molecule has 0 spiro atoms. The highest BCUT2D eigenvalue weighted by atomic mass is 32.2. The summed E-state index contributed by atoms with van der Waals surface area (Å²) in [6.07, 6.45) is 2.78. The second-order valence-electron chi connectivity index (χ2n) is 5.24. The molecule has 1 amide bonds. The average molecular weight is 305 g/mol. The first kappa shape index (κ1) is 15.5. The van der Waals surface area contributed by atoms with Crippen LogP contribution in [0.1, 0.15) is 32.6 Å². The van der Waals surface area contributed by atoms with E-state index < -0.39 is 16.3 Å². The Hall–Kier alpha value is -0.860. The molecule has 0 bridgehead atoms. The highest BCUT2D eigenvalue weighted by Crippen LogP contribution is 2.31. The molecule has 0 saturated carbocycles. The second kappa shape index (κ2) is 6.73. The molecule has 2 aliphatic heterocycles. The topological polar surface area (TPSA) is 87.7 Å². The van der Waals surface area contributed by atoms with E-state index in [0.29, 0.717) is 12.5 Å². The number of nitrogens with one attached hydrogen (secondary N) is 2. The summed E-state index contributed by atoms with van der Waals surface area (Å²) in [4.78, 5) is 11.3. The fourth-order valence-electron chi connectivity index (χ4n) is 3.09. The van der Waals surface area contributed by atoms with Crippen LogP contribution in [0.25, 0.3) is 0 Å². The van der Waals surface area contributed by atoms with Gasteiger partial charge in [-0.15, -0.1) is 0 Å². The van der Waals surface area contributed by atoms with Crippen LogP contribution < -0.4 is 10.0 Å². The van der Waals surface area contributed by atoms with Gasteiger partial charge in [-0.1, -0.05) is 0 Å². The highest BCUT2D eigenvalue weighted by Gasteiger charge is 2.39. The molecule has 1 atom stereocenters. The third-order valence-electron chi connectivity index (χ3n) is 3.97. The highest BCUT2D eigenvalue weighted by molar-refractivity contribution is 7.87. The Bertz CT molecular complexity index is 434. The maximum absolute atomic E-state index is 12.3. The molecule has 2 N–H and O–H groups in total. The molecule has 20 heavy (non-hydrogen) atoms. The van der Waals surface area contributed by atoms with Gasteiger partial charge in [-0.25, -0.2) is 9.52 Å². The van der Waals surface area contributed by atoms with E-state index in [0.717, 1.165) is 38.8 Å². The molecule has 0 aromatic carbocycles. The molecule has 116 valence electrons. The molecule has 0 aromatic rings. The Labute approximate surface area is 120 Å². The molecule has 0 radical (unpaired) electrons. The number of hydrogen-bond donors (Lipinski definition) is 2. The summed E-state index contributed by atoms with van der Waals surface area (Å²) in [5.74, 6) is 0.373. The zero-order valence-corrected chi connectivity index (χ0v) is 12.6. The van der Waals surface area contributed by atoms with Gasteiger partial charge in [-0.3, -0.25) is 0 Å². The summed E-state index contributed by atoms with van der Waals surface area (Å²) in [6, 6.07) is 0.00373. The van der Waals surface area contributed by atoms with Crippen LogP contribution in [0.2, 0.25) is 0 Å². The van der Waals surface area contributed by atoms with Crippen LogP contribution in [0.5, 0.6) is 0 Å². The minimum atomic E-state index is -3.79. The number of amides is 1. The van der Waals surface area contributed by atoms with Gasteiger partial charge in [-0.05, 0) is 51.6 Å². The number of carbonyl (C=O) groups is 1. The van der Waals surface area contributed by atoms with E-state index in [1.807, 2.05) is 4.72 Å². The van der Waals surface area contributed by atoms with Crippen molar-refractivity contribution >= 4 is 16.3 Å². The van der Waals surface area contributed by atoms with Crippen LogP contribution in [0.3, 0.4) is 0 Å². The zero-order chi connectivity index (χ0) is 14.6. The SMILES string of the molecule is CCOC(=O)NS(=O)(=O)N1CCCC1C1CCNCC1. The minimum absolute atomic E-state index is 0.00373. The van der Waals surface area contributed by atoms with E-state index in [1.165, 1.54) is 4.31 Å². The standard InChI is InChI=1S/C12H23N3O4S/c1-2-19-12(16)14-20(17,18)15-9-3-4-11(15)10-5-7-13-8-6-10/h10-11,13H,2-9H2,1H3,(H,14,16). The van der Waals surface area contributed by atoms with E-state index in [1.54, 1.807) is 6.92 Å². The van der Waals surface area contributed by atoms with Crippen LogP contribution in [-0.4, -0.2) is 51.1 Å². The van der Waals surface area contributed by atoms with Crippen LogP contribution in [0.4, 0.5) is 4.79 Å². The van der Waals surface area contributed by atoms with Crippen LogP contribution in [-0.2, 0) is 14.9 Å². The van der Waals surface area contributed by atoms with E-state index in [2.05, 4.69) is 10.1 Å². The minimum Gasteiger partial charge on any atom is -0.449 e. The van der Waals surface area contributed by atoms with Gasteiger partial charge >= 0.3 is 16.3 Å². The van der Waals surface area contributed by atoms with E-state index >= 15 is 0 Å². The molecule has 0 aliphatic carbocycles. The summed E-state index contributed by atoms with van der Waals surface area (Å²) in [5, 5.41) is 3.28. The largest absolute Gasteiger partial charge is 0.449 e. The van der Waals surface area contributed by atoms with Crippen molar-refractivity contribution in [3.63, 3.8) is 0 Å². The smallest absolute Gasteiger partial charge is 0.421 e. The Morgan fingerprint density at radius 3 is 2.70 bits per heavy atom. The van der Waals surface area contributed by atoms with Crippen molar-refractivity contribution in [2.24, 2.45) is 5.92 Å². The van der Waals surface area contributed by atoms with Gasteiger partial charge in [0.15, 0.2) is 0 Å². The fourth-order valence-corrected chi connectivity index (χ4v) is 4.48. The summed E-state index contributed by atoms with van der Waals surface area (Å²) < 4.78 is 32.6. The van der Waals surface area contributed by atoms with Gasteiger partial charge < -0.3 is 10.1 Å². The summed E-state index contributed by atoms with van der Waals surface area (Å²) in [7, 11) is -3.79. The van der Waals surface area contributed by atoms with Crippen molar-refractivity contribution < 1.29 is 17.9 Å². The van der Waals surface area contributed by atoms with Crippen molar-refractivity contribution in [2.75, 3.05) is 26.2 Å². The average Bonchev–Trinajstić information content (AvgIpc) is 2.89. The van der Waals surface area contributed by atoms with Crippen molar-refractivity contribution in [1.29, 1.82) is 0 Å². The number of ether oxygens (including phenoxy) is 1. The lowest BCUT2D eigenvalue weighted by atomic mass is 9.89. The molecular formula is C12H23N3O4S. The van der Waals surface area contributed by atoms with Crippen molar-refractivity contribution in [3.8, 4) is 0 Å². The maximum Gasteiger partial charge on any atom is 0.421 e. The normalized spacial score (nSPS) is 25.6. The lowest BCUT2D eigenvalue weighted by molar-refractivity contribution is 0.157. The molecule has 8 heteroatoms. The second-order valence-corrected chi connectivity index (χ2v) is 6.86.